The second-order valence-electron chi connectivity index (χ2n) is 5.95. The van der Waals surface area contributed by atoms with E-state index in [1.54, 1.807) is 0 Å². The number of hydrogen-bond acceptors (Lipinski definition) is 3. The molecule has 0 aromatic heterocycles. The minimum absolute atomic E-state index is 0.0623. The zero-order valence-electron chi connectivity index (χ0n) is 12.1. The van der Waals surface area contributed by atoms with Gasteiger partial charge in [-0.25, -0.2) is 0 Å². The third-order valence-electron chi connectivity index (χ3n) is 4.63. The van der Waals surface area contributed by atoms with Gasteiger partial charge < -0.3 is 9.84 Å². The molecule has 1 saturated heterocycles. The summed E-state index contributed by atoms with van der Waals surface area (Å²) in [4.78, 5) is 13.6. The molecule has 1 fully saturated rings. The number of aliphatic carboxylic acids is 1. The standard InChI is InChI=1S/C16H20BrNO3/c1-10-14(16(19)20)3-2-5-18(10)9-12-8-13(17)7-11-4-6-21-15(11)12/h7-8,10,14H,2-6,9H2,1H3,(H,19,20)/t10-,14-/m1/s1. The van der Waals surface area contributed by atoms with Crippen LogP contribution in [0.25, 0.3) is 0 Å². The van der Waals surface area contributed by atoms with Gasteiger partial charge in [-0.15, -0.1) is 0 Å². The molecule has 0 radical (unpaired) electrons. The van der Waals surface area contributed by atoms with Crippen LogP contribution >= 0.6 is 15.9 Å². The highest BCUT2D eigenvalue weighted by molar-refractivity contribution is 9.10. The molecule has 0 saturated carbocycles. The number of likely N-dealkylation sites (tertiary alicyclic amines) is 1. The summed E-state index contributed by atoms with van der Waals surface area (Å²) in [6.45, 7) is 4.47. The predicted octanol–water partition coefficient (Wildman–Crippen LogP) is 3.07. The Hall–Kier alpha value is -1.07. The first kappa shape index (κ1) is 14.9. The molecule has 3 rings (SSSR count). The summed E-state index contributed by atoms with van der Waals surface area (Å²) < 4.78 is 6.84. The van der Waals surface area contributed by atoms with Crippen molar-refractivity contribution >= 4 is 21.9 Å². The van der Waals surface area contributed by atoms with E-state index < -0.39 is 5.97 Å². The first-order chi connectivity index (χ1) is 10.1. The van der Waals surface area contributed by atoms with Crippen molar-refractivity contribution in [2.75, 3.05) is 13.2 Å². The highest BCUT2D eigenvalue weighted by Gasteiger charge is 2.33. The lowest BCUT2D eigenvalue weighted by atomic mass is 9.90. The van der Waals surface area contributed by atoms with E-state index >= 15 is 0 Å². The molecule has 5 heteroatoms. The summed E-state index contributed by atoms with van der Waals surface area (Å²) in [6.07, 6.45) is 2.67. The van der Waals surface area contributed by atoms with Gasteiger partial charge in [0.15, 0.2) is 0 Å². The molecule has 1 aromatic rings. The van der Waals surface area contributed by atoms with Crippen LogP contribution in [0.4, 0.5) is 0 Å². The molecule has 2 aliphatic heterocycles. The summed E-state index contributed by atoms with van der Waals surface area (Å²) in [5, 5.41) is 9.33. The quantitative estimate of drug-likeness (QED) is 0.907. The molecule has 2 aliphatic rings. The number of carboxylic acids is 1. The number of ether oxygens (including phenoxy) is 1. The van der Waals surface area contributed by atoms with Crippen molar-refractivity contribution in [3.8, 4) is 5.75 Å². The number of carboxylic acid groups (broad SMARTS) is 1. The van der Waals surface area contributed by atoms with E-state index in [9.17, 15) is 9.90 Å². The van der Waals surface area contributed by atoms with Gasteiger partial charge in [-0.05, 0) is 44.0 Å². The van der Waals surface area contributed by atoms with E-state index in [1.165, 1.54) is 5.56 Å². The van der Waals surface area contributed by atoms with Gasteiger partial charge in [0.25, 0.3) is 0 Å². The van der Waals surface area contributed by atoms with Crippen LogP contribution in [0.2, 0.25) is 0 Å². The highest BCUT2D eigenvalue weighted by atomic mass is 79.9. The van der Waals surface area contributed by atoms with Crippen LogP contribution in [0.5, 0.6) is 5.75 Å². The van der Waals surface area contributed by atoms with Crippen molar-refractivity contribution in [3.05, 3.63) is 27.7 Å². The highest BCUT2D eigenvalue weighted by Crippen LogP contribution is 2.35. The van der Waals surface area contributed by atoms with Gasteiger partial charge in [-0.2, -0.15) is 0 Å². The number of benzene rings is 1. The second-order valence-corrected chi connectivity index (χ2v) is 6.87. The SMILES string of the molecule is C[C@@H]1[C@H](C(=O)O)CCCN1Cc1cc(Br)cc2c1OCC2. The zero-order chi connectivity index (χ0) is 15.0. The molecular formula is C16H20BrNO3. The normalized spacial score (nSPS) is 25.4. The number of fused-ring (bicyclic) bond motifs is 1. The first-order valence-electron chi connectivity index (χ1n) is 7.47. The fraction of sp³-hybridized carbons (Fsp3) is 0.562. The molecule has 4 nitrogen and oxygen atoms in total. The molecule has 0 aliphatic carbocycles. The molecular weight excluding hydrogens is 334 g/mol. The molecule has 2 heterocycles. The van der Waals surface area contributed by atoms with Crippen LogP contribution in [0.15, 0.2) is 16.6 Å². The van der Waals surface area contributed by atoms with E-state index in [1.807, 2.05) is 6.92 Å². The fourth-order valence-corrected chi connectivity index (χ4v) is 4.00. The van der Waals surface area contributed by atoms with E-state index in [0.29, 0.717) is 0 Å². The van der Waals surface area contributed by atoms with Gasteiger partial charge in [0.2, 0.25) is 0 Å². The third kappa shape index (κ3) is 2.94. The number of hydrogen-bond donors (Lipinski definition) is 1. The Morgan fingerprint density at radius 3 is 3.10 bits per heavy atom. The van der Waals surface area contributed by atoms with Gasteiger partial charge in [0.1, 0.15) is 5.75 Å². The Morgan fingerprint density at radius 1 is 1.52 bits per heavy atom. The summed E-state index contributed by atoms with van der Waals surface area (Å²) in [5.41, 5.74) is 2.41. The molecule has 0 amide bonds. The Labute approximate surface area is 133 Å². The molecule has 2 atom stereocenters. The average molecular weight is 354 g/mol. The number of rotatable bonds is 3. The minimum atomic E-state index is -0.678. The summed E-state index contributed by atoms with van der Waals surface area (Å²) in [5.74, 6) is 0.0608. The maximum absolute atomic E-state index is 11.3. The monoisotopic (exact) mass is 353 g/mol. The number of piperidine rings is 1. The molecule has 1 N–H and O–H groups in total. The number of nitrogens with zero attached hydrogens (tertiary/aromatic N) is 1. The van der Waals surface area contributed by atoms with E-state index in [-0.39, 0.29) is 12.0 Å². The lowest BCUT2D eigenvalue weighted by molar-refractivity contribution is -0.145. The molecule has 114 valence electrons. The fourth-order valence-electron chi connectivity index (χ4n) is 3.45. The largest absolute Gasteiger partial charge is 0.493 e. The van der Waals surface area contributed by atoms with Gasteiger partial charge in [-0.1, -0.05) is 15.9 Å². The maximum Gasteiger partial charge on any atom is 0.308 e. The lowest BCUT2D eigenvalue weighted by Crippen LogP contribution is -2.45. The molecule has 0 bridgehead atoms. The lowest BCUT2D eigenvalue weighted by Gasteiger charge is -2.37. The smallest absolute Gasteiger partial charge is 0.308 e. The van der Waals surface area contributed by atoms with E-state index in [2.05, 4.69) is 33.0 Å². The molecule has 21 heavy (non-hydrogen) atoms. The van der Waals surface area contributed by atoms with Crippen molar-refractivity contribution < 1.29 is 14.6 Å². The predicted molar refractivity (Wildman–Crippen MR) is 83.6 cm³/mol. The van der Waals surface area contributed by atoms with Gasteiger partial charge in [-0.3, -0.25) is 9.69 Å². The van der Waals surface area contributed by atoms with E-state index in [4.69, 9.17) is 4.74 Å². The van der Waals surface area contributed by atoms with E-state index in [0.717, 1.165) is 54.7 Å². The first-order valence-corrected chi connectivity index (χ1v) is 8.26. The Bertz CT molecular complexity index is 561. The van der Waals surface area contributed by atoms with Crippen molar-refractivity contribution in [3.63, 3.8) is 0 Å². The summed E-state index contributed by atoms with van der Waals surface area (Å²) in [7, 11) is 0. The van der Waals surface area contributed by atoms with Crippen LogP contribution < -0.4 is 4.74 Å². The second kappa shape index (κ2) is 5.97. The minimum Gasteiger partial charge on any atom is -0.493 e. The zero-order valence-corrected chi connectivity index (χ0v) is 13.7. The summed E-state index contributed by atoms with van der Waals surface area (Å²) >= 11 is 3.56. The van der Waals surface area contributed by atoms with Crippen LogP contribution in [-0.4, -0.2) is 35.2 Å². The molecule has 0 spiro atoms. The average Bonchev–Trinajstić information content (AvgIpc) is 2.88. The Morgan fingerprint density at radius 2 is 2.33 bits per heavy atom. The number of carbonyl (C=O) groups is 1. The van der Waals surface area contributed by atoms with Gasteiger partial charge in [0, 0.05) is 29.0 Å². The van der Waals surface area contributed by atoms with Gasteiger partial charge in [0.05, 0.1) is 12.5 Å². The van der Waals surface area contributed by atoms with Crippen molar-refractivity contribution in [2.45, 2.75) is 38.8 Å². The summed E-state index contributed by atoms with van der Waals surface area (Å²) in [6, 6.07) is 4.28. The van der Waals surface area contributed by atoms with Crippen molar-refractivity contribution in [1.29, 1.82) is 0 Å². The third-order valence-corrected chi connectivity index (χ3v) is 5.09. The van der Waals surface area contributed by atoms with Gasteiger partial charge >= 0.3 is 5.97 Å². The molecule has 1 aromatic carbocycles. The van der Waals surface area contributed by atoms with Crippen LogP contribution in [0.1, 0.15) is 30.9 Å². The van der Waals surface area contributed by atoms with Crippen molar-refractivity contribution in [2.24, 2.45) is 5.92 Å². The Kier molecular flexibility index (Phi) is 4.22. The molecule has 0 unspecified atom stereocenters. The maximum atomic E-state index is 11.3. The number of halogens is 1. The van der Waals surface area contributed by atoms with Crippen LogP contribution in [0, 0.1) is 5.92 Å². The van der Waals surface area contributed by atoms with Crippen LogP contribution in [0.3, 0.4) is 0 Å². The van der Waals surface area contributed by atoms with Crippen LogP contribution in [-0.2, 0) is 17.8 Å². The Balaban J connectivity index is 1.82. The van der Waals surface area contributed by atoms with Crippen molar-refractivity contribution in [1.82, 2.24) is 4.90 Å². The topological polar surface area (TPSA) is 49.8 Å².